The van der Waals surface area contributed by atoms with Gasteiger partial charge in [0.2, 0.25) is 0 Å². The number of aromatic hydroxyl groups is 1. The van der Waals surface area contributed by atoms with Gasteiger partial charge in [-0.05, 0) is 99.0 Å². The number of phenolic OH excluding ortho intramolecular Hbond substituents is 1. The second-order valence-electron chi connectivity index (χ2n) is 11.6. The average molecular weight is 473 g/mol. The largest absolute Gasteiger partial charge is 0.508 e. The van der Waals surface area contributed by atoms with Gasteiger partial charge in [-0.3, -0.25) is 4.90 Å². The molecule has 0 radical (unpaired) electrons. The summed E-state index contributed by atoms with van der Waals surface area (Å²) in [5.74, 6) is 1.15. The third-order valence-corrected chi connectivity index (χ3v) is 9.63. The lowest BCUT2D eigenvalue weighted by molar-refractivity contribution is -0.149. The molecule has 6 heteroatoms. The van der Waals surface area contributed by atoms with Crippen LogP contribution in [0.2, 0.25) is 0 Å². The second-order valence-corrected chi connectivity index (χ2v) is 11.6. The molecule has 184 valence electrons. The number of benzene rings is 1. The van der Waals surface area contributed by atoms with E-state index in [2.05, 4.69) is 34.1 Å². The fourth-order valence-corrected chi connectivity index (χ4v) is 7.52. The lowest BCUT2D eigenvalue weighted by Crippen LogP contribution is -2.71. The van der Waals surface area contributed by atoms with Gasteiger partial charge in [0.25, 0.3) is 0 Å². The molecule has 6 nitrogen and oxygen atoms in total. The Morgan fingerprint density at radius 1 is 1.00 bits per heavy atom. The number of piperidine rings is 1. The number of pyridine rings is 1. The molecule has 0 amide bonds. The Kier molecular flexibility index (Phi) is 5.02. The van der Waals surface area contributed by atoms with Crippen LogP contribution in [0.1, 0.15) is 48.9 Å². The Morgan fingerprint density at radius 3 is 2.71 bits per heavy atom. The topological polar surface area (TPSA) is 64.2 Å². The summed E-state index contributed by atoms with van der Waals surface area (Å²) in [6.07, 6.45) is 9.21. The lowest BCUT2D eigenvalue weighted by Gasteiger charge is -2.61. The molecule has 3 atom stereocenters. The number of aromatic nitrogens is 2. The maximum Gasteiger partial charge on any atom is 0.115 e. The fraction of sp³-hybridized carbons (Fsp3) is 0.552. The molecule has 2 saturated heterocycles. The first-order valence-corrected chi connectivity index (χ1v) is 13.5. The van der Waals surface area contributed by atoms with Crippen molar-refractivity contribution in [2.24, 2.45) is 5.92 Å². The average Bonchev–Trinajstić information content (AvgIpc) is 3.60. The van der Waals surface area contributed by atoms with Crippen molar-refractivity contribution in [3.8, 4) is 5.75 Å². The van der Waals surface area contributed by atoms with Crippen LogP contribution < -0.4 is 0 Å². The summed E-state index contributed by atoms with van der Waals surface area (Å²) in [7, 11) is 0. The molecular formula is C29H36N4O2. The quantitative estimate of drug-likeness (QED) is 0.596. The van der Waals surface area contributed by atoms with Gasteiger partial charge in [0.15, 0.2) is 0 Å². The minimum absolute atomic E-state index is 0.173. The molecule has 2 aromatic heterocycles. The van der Waals surface area contributed by atoms with Crippen molar-refractivity contribution in [1.29, 1.82) is 0 Å². The predicted octanol–water partition coefficient (Wildman–Crippen LogP) is 3.39. The van der Waals surface area contributed by atoms with Crippen LogP contribution in [-0.4, -0.2) is 74.0 Å². The van der Waals surface area contributed by atoms with Crippen LogP contribution in [0.15, 0.2) is 48.7 Å². The van der Waals surface area contributed by atoms with Gasteiger partial charge in [0, 0.05) is 43.7 Å². The van der Waals surface area contributed by atoms with Gasteiger partial charge in [-0.1, -0.05) is 12.1 Å². The van der Waals surface area contributed by atoms with Gasteiger partial charge in [-0.2, -0.15) is 5.10 Å². The molecule has 3 fully saturated rings. The van der Waals surface area contributed by atoms with Crippen LogP contribution in [-0.2, 0) is 18.3 Å². The van der Waals surface area contributed by atoms with Gasteiger partial charge < -0.3 is 15.1 Å². The zero-order valence-electron chi connectivity index (χ0n) is 20.4. The zero-order valence-corrected chi connectivity index (χ0v) is 20.4. The number of likely N-dealkylation sites (tertiary alicyclic amines) is 2. The van der Waals surface area contributed by atoms with Crippen LogP contribution in [0.25, 0.3) is 5.52 Å². The van der Waals surface area contributed by atoms with E-state index < -0.39 is 5.60 Å². The van der Waals surface area contributed by atoms with E-state index >= 15 is 0 Å². The Labute approximate surface area is 207 Å². The highest BCUT2D eigenvalue weighted by Gasteiger charge is 2.63. The molecule has 4 heterocycles. The van der Waals surface area contributed by atoms with Gasteiger partial charge in [-0.25, -0.2) is 4.52 Å². The lowest BCUT2D eigenvalue weighted by atomic mass is 9.52. The summed E-state index contributed by atoms with van der Waals surface area (Å²) < 4.78 is 1.95. The number of rotatable bonds is 5. The monoisotopic (exact) mass is 472 g/mol. The molecule has 2 aliphatic heterocycles. The first-order chi connectivity index (χ1) is 17.0. The first kappa shape index (κ1) is 21.8. The maximum atomic E-state index is 12.6. The van der Waals surface area contributed by atoms with Crippen molar-refractivity contribution in [3.63, 3.8) is 0 Å². The third-order valence-electron chi connectivity index (χ3n) is 9.63. The summed E-state index contributed by atoms with van der Waals surface area (Å²) in [5.41, 5.74) is 3.78. The van der Waals surface area contributed by atoms with Crippen LogP contribution >= 0.6 is 0 Å². The molecule has 2 N–H and O–H groups in total. The molecule has 3 unspecified atom stereocenters. The Bertz CT molecular complexity index is 1220. The van der Waals surface area contributed by atoms with Crippen LogP contribution in [0.5, 0.6) is 5.75 Å². The molecule has 2 bridgehead atoms. The van der Waals surface area contributed by atoms with Crippen LogP contribution in [0, 0.1) is 5.92 Å². The summed E-state index contributed by atoms with van der Waals surface area (Å²) >= 11 is 0. The van der Waals surface area contributed by atoms with Gasteiger partial charge in [-0.15, -0.1) is 0 Å². The number of phenols is 1. The molecule has 2 aliphatic carbocycles. The van der Waals surface area contributed by atoms with E-state index in [0.29, 0.717) is 5.75 Å². The van der Waals surface area contributed by atoms with Crippen LogP contribution in [0.3, 0.4) is 0 Å². The number of hydrogen-bond acceptors (Lipinski definition) is 5. The fourth-order valence-electron chi connectivity index (χ4n) is 7.52. The van der Waals surface area contributed by atoms with Gasteiger partial charge >= 0.3 is 0 Å². The van der Waals surface area contributed by atoms with Crippen molar-refractivity contribution in [2.75, 3.05) is 32.7 Å². The Morgan fingerprint density at radius 2 is 1.86 bits per heavy atom. The second kappa shape index (κ2) is 8.05. The van der Waals surface area contributed by atoms with E-state index in [0.717, 1.165) is 82.0 Å². The van der Waals surface area contributed by atoms with E-state index in [-0.39, 0.29) is 11.5 Å². The van der Waals surface area contributed by atoms with Crippen molar-refractivity contribution >= 4 is 5.52 Å². The van der Waals surface area contributed by atoms with Crippen molar-refractivity contribution in [3.05, 3.63) is 65.5 Å². The highest BCUT2D eigenvalue weighted by atomic mass is 16.3. The summed E-state index contributed by atoms with van der Waals surface area (Å²) in [6, 6.07) is 14.4. The molecule has 0 spiro atoms. The Balaban J connectivity index is 1.17. The van der Waals surface area contributed by atoms with Crippen LogP contribution in [0.4, 0.5) is 0 Å². The van der Waals surface area contributed by atoms with E-state index in [1.807, 2.05) is 28.9 Å². The number of hydrogen-bond donors (Lipinski definition) is 2. The van der Waals surface area contributed by atoms with E-state index in [1.54, 1.807) is 0 Å². The smallest absolute Gasteiger partial charge is 0.115 e. The standard InChI is InChI=1S/C29H36N4O2/c34-25-7-6-22-17-27-29(35)11-15-31(13-8-23-18-24-3-1-2-12-33(24)30-23)14-9-28(29,26(22)19-25)10-16-32(27)20-21-4-5-21/h1-3,6-7,12,18-19,21,27,34-35H,4-5,8-11,13-17,20H2. The first-order valence-electron chi connectivity index (χ1n) is 13.5. The zero-order chi connectivity index (χ0) is 23.6. The summed E-state index contributed by atoms with van der Waals surface area (Å²) in [4.78, 5) is 5.16. The van der Waals surface area contributed by atoms with Crippen molar-refractivity contribution in [1.82, 2.24) is 19.4 Å². The highest BCUT2D eigenvalue weighted by molar-refractivity contribution is 5.48. The third kappa shape index (κ3) is 3.52. The van der Waals surface area contributed by atoms with Gasteiger partial charge in [0.1, 0.15) is 5.75 Å². The minimum Gasteiger partial charge on any atom is -0.508 e. The molecule has 35 heavy (non-hydrogen) atoms. The van der Waals surface area contributed by atoms with Crippen molar-refractivity contribution < 1.29 is 10.2 Å². The predicted molar refractivity (Wildman–Crippen MR) is 136 cm³/mol. The number of aliphatic hydroxyl groups is 1. The number of fused-ring (bicyclic) bond motifs is 2. The number of nitrogens with zero attached hydrogens (tertiary/aromatic N) is 4. The molecule has 7 rings (SSSR count). The molecular weight excluding hydrogens is 436 g/mol. The normalized spacial score (nSPS) is 31.2. The Hall–Kier alpha value is -2.41. The minimum atomic E-state index is -0.751. The SMILES string of the molecule is Oc1ccc2c(c1)C13CCN(CCc4cc5ccccn5n4)CCC1(O)C(C2)N(CC1CC1)CC3. The summed E-state index contributed by atoms with van der Waals surface area (Å²) in [6.45, 7) is 5.03. The maximum absolute atomic E-state index is 12.6. The molecule has 1 saturated carbocycles. The molecule has 4 aliphatic rings. The highest BCUT2D eigenvalue weighted by Crippen LogP contribution is 2.56. The van der Waals surface area contributed by atoms with Crippen molar-refractivity contribution in [2.45, 2.75) is 62.0 Å². The van der Waals surface area contributed by atoms with E-state index in [1.165, 1.54) is 24.0 Å². The van der Waals surface area contributed by atoms with Gasteiger partial charge in [0.05, 0.1) is 16.8 Å². The summed E-state index contributed by atoms with van der Waals surface area (Å²) in [5, 5.41) is 27.8. The molecule has 1 aromatic carbocycles. The van der Waals surface area contributed by atoms with E-state index in [9.17, 15) is 10.2 Å². The van der Waals surface area contributed by atoms with E-state index in [4.69, 9.17) is 5.10 Å². The molecule has 3 aromatic rings.